The van der Waals surface area contributed by atoms with Crippen LogP contribution in [0.15, 0.2) is 30.3 Å². The van der Waals surface area contributed by atoms with Gasteiger partial charge < -0.3 is 15.6 Å². The number of nitrogen functional groups attached to an aromatic ring is 1. The maximum atomic E-state index is 13.8. The molecule has 0 spiro atoms. The number of carbonyl (C=O) groups is 1. The van der Waals surface area contributed by atoms with Crippen LogP contribution in [0.25, 0.3) is 0 Å². The van der Waals surface area contributed by atoms with E-state index < -0.39 is 11.8 Å². The first kappa shape index (κ1) is 13.9. The van der Waals surface area contributed by atoms with Crippen LogP contribution in [0.1, 0.15) is 21.5 Å². The van der Waals surface area contributed by atoms with E-state index in [1.807, 2.05) is 26.0 Å². The smallest absolute Gasteiger partial charge is 0.337 e. The van der Waals surface area contributed by atoms with Crippen molar-refractivity contribution in [2.45, 2.75) is 13.8 Å². The van der Waals surface area contributed by atoms with Crippen LogP contribution in [0.2, 0.25) is 0 Å². The summed E-state index contributed by atoms with van der Waals surface area (Å²) in [6.07, 6.45) is 0. The van der Waals surface area contributed by atoms with E-state index in [0.717, 1.165) is 23.3 Å². The summed E-state index contributed by atoms with van der Waals surface area (Å²) < 4.78 is 19.2. The van der Waals surface area contributed by atoms with Crippen molar-refractivity contribution in [1.82, 2.24) is 0 Å². The Labute approximate surface area is 115 Å². The van der Waals surface area contributed by atoms with Crippen molar-refractivity contribution in [2.24, 2.45) is 0 Å². The lowest BCUT2D eigenvalue weighted by molar-refractivity contribution is 0.0697. The highest BCUT2D eigenvalue weighted by atomic mass is 19.1. The van der Waals surface area contributed by atoms with Crippen LogP contribution < -0.4 is 10.5 Å². The van der Waals surface area contributed by atoms with Gasteiger partial charge in [0.25, 0.3) is 0 Å². The summed E-state index contributed by atoms with van der Waals surface area (Å²) in [4.78, 5) is 11.0. The number of ether oxygens (including phenoxy) is 1. The SMILES string of the molecule is Cc1ccc(Oc2cc(C(=O)O)c(N)cc2F)c(C)c1. The van der Waals surface area contributed by atoms with Crippen LogP contribution in [0.5, 0.6) is 11.5 Å². The van der Waals surface area contributed by atoms with Crippen LogP contribution >= 0.6 is 0 Å². The molecular weight excluding hydrogens is 261 g/mol. The third-order valence-corrected chi connectivity index (χ3v) is 2.88. The number of benzene rings is 2. The van der Waals surface area contributed by atoms with Gasteiger partial charge in [-0.1, -0.05) is 17.7 Å². The first-order chi connectivity index (χ1) is 9.38. The lowest BCUT2D eigenvalue weighted by atomic mass is 10.1. The largest absolute Gasteiger partial charge is 0.478 e. The molecule has 104 valence electrons. The van der Waals surface area contributed by atoms with Gasteiger partial charge in [-0.2, -0.15) is 0 Å². The minimum atomic E-state index is -1.23. The van der Waals surface area contributed by atoms with Crippen molar-refractivity contribution in [3.63, 3.8) is 0 Å². The van der Waals surface area contributed by atoms with E-state index >= 15 is 0 Å². The van der Waals surface area contributed by atoms with Gasteiger partial charge in [0.05, 0.1) is 5.56 Å². The molecule has 5 heteroatoms. The lowest BCUT2D eigenvalue weighted by Gasteiger charge is -2.11. The van der Waals surface area contributed by atoms with Gasteiger partial charge >= 0.3 is 5.97 Å². The van der Waals surface area contributed by atoms with E-state index in [-0.39, 0.29) is 17.0 Å². The minimum absolute atomic E-state index is 0.136. The molecule has 0 fully saturated rings. The van der Waals surface area contributed by atoms with E-state index in [9.17, 15) is 9.18 Å². The van der Waals surface area contributed by atoms with E-state index in [2.05, 4.69) is 0 Å². The Bertz CT molecular complexity index is 683. The quantitative estimate of drug-likeness (QED) is 0.841. The fourth-order valence-electron chi connectivity index (χ4n) is 1.86. The second-order valence-electron chi connectivity index (χ2n) is 4.55. The Morgan fingerprint density at radius 1 is 1.20 bits per heavy atom. The predicted octanol–water partition coefficient (Wildman–Crippen LogP) is 3.52. The Kier molecular flexibility index (Phi) is 3.61. The molecule has 0 heterocycles. The highest BCUT2D eigenvalue weighted by molar-refractivity contribution is 5.94. The molecule has 4 nitrogen and oxygen atoms in total. The fraction of sp³-hybridized carbons (Fsp3) is 0.133. The zero-order chi connectivity index (χ0) is 14.9. The fourth-order valence-corrected chi connectivity index (χ4v) is 1.86. The third kappa shape index (κ3) is 2.71. The number of aryl methyl sites for hydroxylation is 2. The van der Waals surface area contributed by atoms with E-state index in [1.165, 1.54) is 0 Å². The van der Waals surface area contributed by atoms with Crippen LogP contribution in [0.4, 0.5) is 10.1 Å². The first-order valence-corrected chi connectivity index (χ1v) is 5.96. The zero-order valence-electron chi connectivity index (χ0n) is 11.1. The average molecular weight is 275 g/mol. The highest BCUT2D eigenvalue weighted by Crippen LogP contribution is 2.30. The maximum Gasteiger partial charge on any atom is 0.337 e. The van der Waals surface area contributed by atoms with Gasteiger partial charge in [0.2, 0.25) is 0 Å². The average Bonchev–Trinajstić information content (AvgIpc) is 2.35. The van der Waals surface area contributed by atoms with Crippen molar-refractivity contribution in [3.8, 4) is 11.5 Å². The maximum absolute atomic E-state index is 13.8. The minimum Gasteiger partial charge on any atom is -0.478 e. The molecule has 0 unspecified atom stereocenters. The van der Waals surface area contributed by atoms with Crippen molar-refractivity contribution in [1.29, 1.82) is 0 Å². The van der Waals surface area contributed by atoms with Crippen molar-refractivity contribution < 1.29 is 19.0 Å². The summed E-state index contributed by atoms with van der Waals surface area (Å²) in [7, 11) is 0. The molecular formula is C15H14FNO3. The first-order valence-electron chi connectivity index (χ1n) is 5.96. The summed E-state index contributed by atoms with van der Waals surface area (Å²) in [6.45, 7) is 3.76. The van der Waals surface area contributed by atoms with Crippen molar-refractivity contribution in [2.75, 3.05) is 5.73 Å². The monoisotopic (exact) mass is 275 g/mol. The van der Waals surface area contributed by atoms with Gasteiger partial charge in [0, 0.05) is 17.8 Å². The number of hydrogen-bond acceptors (Lipinski definition) is 3. The third-order valence-electron chi connectivity index (χ3n) is 2.88. The molecule has 0 saturated carbocycles. The van der Waals surface area contributed by atoms with Gasteiger partial charge in [-0.15, -0.1) is 0 Å². The molecule has 2 rings (SSSR count). The zero-order valence-corrected chi connectivity index (χ0v) is 11.1. The number of aromatic carboxylic acids is 1. The molecule has 0 saturated heterocycles. The molecule has 0 atom stereocenters. The number of halogens is 1. The molecule has 0 radical (unpaired) electrons. The molecule has 0 aliphatic carbocycles. The molecule has 0 bridgehead atoms. The summed E-state index contributed by atoms with van der Waals surface area (Å²) in [5.41, 5.74) is 7.02. The number of carboxylic acid groups (broad SMARTS) is 1. The number of nitrogens with two attached hydrogens (primary N) is 1. The van der Waals surface area contributed by atoms with Crippen LogP contribution in [0.3, 0.4) is 0 Å². The molecule has 2 aromatic rings. The molecule has 3 N–H and O–H groups in total. The molecule has 20 heavy (non-hydrogen) atoms. The van der Waals surface area contributed by atoms with Gasteiger partial charge in [0.15, 0.2) is 11.6 Å². The number of anilines is 1. The van der Waals surface area contributed by atoms with Gasteiger partial charge in [-0.05, 0) is 25.5 Å². The van der Waals surface area contributed by atoms with E-state index in [4.69, 9.17) is 15.6 Å². The molecule has 2 aromatic carbocycles. The Balaban J connectivity index is 2.43. The predicted molar refractivity (Wildman–Crippen MR) is 73.8 cm³/mol. The topological polar surface area (TPSA) is 72.5 Å². The van der Waals surface area contributed by atoms with E-state index in [0.29, 0.717) is 5.75 Å². The normalized spacial score (nSPS) is 10.3. The van der Waals surface area contributed by atoms with Crippen LogP contribution in [-0.2, 0) is 0 Å². The van der Waals surface area contributed by atoms with Crippen LogP contribution in [-0.4, -0.2) is 11.1 Å². The molecule has 0 amide bonds. The Morgan fingerprint density at radius 3 is 2.50 bits per heavy atom. The lowest BCUT2D eigenvalue weighted by Crippen LogP contribution is -2.04. The number of carboxylic acids is 1. The molecule has 0 aliphatic heterocycles. The van der Waals surface area contributed by atoms with E-state index in [1.54, 1.807) is 6.07 Å². The summed E-state index contributed by atoms with van der Waals surface area (Å²) in [5.74, 6) is -1.63. The second-order valence-corrected chi connectivity index (χ2v) is 4.55. The summed E-state index contributed by atoms with van der Waals surface area (Å²) in [6, 6.07) is 7.47. The molecule has 0 aliphatic rings. The standard InChI is InChI=1S/C15H14FNO3/c1-8-3-4-13(9(2)5-8)20-14-6-10(15(18)19)12(17)7-11(14)16/h3-7H,17H2,1-2H3,(H,18,19). The summed E-state index contributed by atoms with van der Waals surface area (Å²) >= 11 is 0. The summed E-state index contributed by atoms with van der Waals surface area (Å²) in [5, 5.41) is 8.98. The Hall–Kier alpha value is -2.56. The highest BCUT2D eigenvalue weighted by Gasteiger charge is 2.15. The van der Waals surface area contributed by atoms with Gasteiger partial charge in [-0.3, -0.25) is 0 Å². The van der Waals surface area contributed by atoms with Crippen molar-refractivity contribution >= 4 is 11.7 Å². The van der Waals surface area contributed by atoms with Gasteiger partial charge in [-0.25, -0.2) is 9.18 Å². The number of rotatable bonds is 3. The van der Waals surface area contributed by atoms with Gasteiger partial charge in [0.1, 0.15) is 5.75 Å². The molecule has 0 aromatic heterocycles. The number of hydrogen-bond donors (Lipinski definition) is 2. The van der Waals surface area contributed by atoms with Crippen molar-refractivity contribution in [3.05, 3.63) is 52.8 Å². The second kappa shape index (κ2) is 5.21. The Morgan fingerprint density at radius 2 is 1.90 bits per heavy atom. The van der Waals surface area contributed by atoms with Crippen LogP contribution in [0, 0.1) is 19.7 Å².